The van der Waals surface area contributed by atoms with Gasteiger partial charge in [-0.2, -0.15) is 0 Å². The van der Waals surface area contributed by atoms with E-state index in [-0.39, 0.29) is 23.2 Å². The molecule has 0 aliphatic carbocycles. The molecule has 0 atom stereocenters. The van der Waals surface area contributed by atoms with E-state index in [1.54, 1.807) is 13.0 Å². The second-order valence-corrected chi connectivity index (χ2v) is 5.36. The van der Waals surface area contributed by atoms with Gasteiger partial charge in [0.2, 0.25) is 5.91 Å². The molecule has 1 amide bonds. The zero-order valence-electron chi connectivity index (χ0n) is 11.6. The number of nitrogens with zero attached hydrogens (tertiary/aromatic N) is 2. The summed E-state index contributed by atoms with van der Waals surface area (Å²) >= 11 is 1.14. The number of aromatic nitrogens is 1. The number of carbonyl (C=O) groups is 1. The van der Waals surface area contributed by atoms with Crippen molar-refractivity contribution in [3.8, 4) is 0 Å². The SMILES string of the molecule is Cc1c(F)cccc1NC(=O)CSc1ccc([N+](=O)[O-])cn1. The maximum atomic E-state index is 13.4. The molecule has 0 aliphatic heterocycles. The number of hydrogen-bond donors (Lipinski definition) is 1. The smallest absolute Gasteiger partial charge is 0.287 e. The van der Waals surface area contributed by atoms with Crippen LogP contribution >= 0.6 is 11.8 Å². The second-order valence-electron chi connectivity index (χ2n) is 4.36. The van der Waals surface area contributed by atoms with Crippen molar-refractivity contribution in [2.24, 2.45) is 0 Å². The number of benzene rings is 1. The van der Waals surface area contributed by atoms with Crippen molar-refractivity contribution in [3.63, 3.8) is 0 Å². The predicted molar refractivity (Wildman–Crippen MR) is 81.4 cm³/mol. The molecule has 0 bridgehead atoms. The molecule has 2 aromatic rings. The fourth-order valence-electron chi connectivity index (χ4n) is 1.63. The Morgan fingerprint density at radius 1 is 1.41 bits per heavy atom. The number of nitro groups is 1. The van der Waals surface area contributed by atoms with Gasteiger partial charge in [-0.3, -0.25) is 14.9 Å². The molecule has 0 unspecified atom stereocenters. The van der Waals surface area contributed by atoms with Crippen LogP contribution in [0.2, 0.25) is 0 Å². The average Bonchev–Trinajstić information content (AvgIpc) is 2.50. The summed E-state index contributed by atoms with van der Waals surface area (Å²) in [5.41, 5.74) is 0.681. The van der Waals surface area contributed by atoms with Crippen LogP contribution < -0.4 is 5.32 Å². The van der Waals surface area contributed by atoms with Crippen LogP contribution in [0.5, 0.6) is 0 Å². The molecule has 0 saturated heterocycles. The van der Waals surface area contributed by atoms with Gasteiger partial charge in [0.05, 0.1) is 15.7 Å². The van der Waals surface area contributed by atoms with Crippen LogP contribution in [0.1, 0.15) is 5.56 Å². The van der Waals surface area contributed by atoms with E-state index >= 15 is 0 Å². The van der Waals surface area contributed by atoms with Gasteiger partial charge in [0.1, 0.15) is 12.0 Å². The molecular weight excluding hydrogens is 309 g/mol. The van der Waals surface area contributed by atoms with Crippen molar-refractivity contribution in [2.75, 3.05) is 11.1 Å². The topological polar surface area (TPSA) is 85.1 Å². The first-order valence-corrected chi connectivity index (χ1v) is 7.24. The molecule has 0 radical (unpaired) electrons. The van der Waals surface area contributed by atoms with Crippen LogP contribution in [0.4, 0.5) is 15.8 Å². The van der Waals surface area contributed by atoms with E-state index in [0.29, 0.717) is 16.3 Å². The molecule has 0 spiro atoms. The normalized spacial score (nSPS) is 10.3. The van der Waals surface area contributed by atoms with Gasteiger partial charge >= 0.3 is 0 Å². The maximum absolute atomic E-state index is 13.4. The Bertz CT molecular complexity index is 707. The highest BCUT2D eigenvalue weighted by molar-refractivity contribution is 7.99. The summed E-state index contributed by atoms with van der Waals surface area (Å²) in [4.78, 5) is 25.7. The lowest BCUT2D eigenvalue weighted by Crippen LogP contribution is -2.15. The van der Waals surface area contributed by atoms with Crippen molar-refractivity contribution in [1.82, 2.24) is 4.98 Å². The quantitative estimate of drug-likeness (QED) is 0.519. The van der Waals surface area contributed by atoms with Crippen molar-refractivity contribution in [1.29, 1.82) is 0 Å². The van der Waals surface area contributed by atoms with Crippen LogP contribution in [-0.4, -0.2) is 21.6 Å². The standard InChI is InChI=1S/C14H12FN3O3S/c1-9-11(15)3-2-4-12(9)17-13(19)8-22-14-6-5-10(7-16-14)18(20)21/h2-7H,8H2,1H3,(H,17,19). The Labute approximate surface area is 129 Å². The molecule has 1 aromatic carbocycles. The number of halogens is 1. The number of rotatable bonds is 5. The van der Waals surface area contributed by atoms with Crippen molar-refractivity contribution in [3.05, 3.63) is 58.0 Å². The van der Waals surface area contributed by atoms with Crippen molar-refractivity contribution in [2.45, 2.75) is 11.9 Å². The molecule has 1 aromatic heterocycles. The van der Waals surface area contributed by atoms with E-state index in [4.69, 9.17) is 0 Å². The Balaban J connectivity index is 1.92. The number of pyridine rings is 1. The third-order valence-electron chi connectivity index (χ3n) is 2.82. The average molecular weight is 321 g/mol. The number of nitrogens with one attached hydrogen (secondary N) is 1. The summed E-state index contributed by atoms with van der Waals surface area (Å²) in [6, 6.07) is 7.25. The fraction of sp³-hybridized carbons (Fsp3) is 0.143. The van der Waals surface area contributed by atoms with E-state index in [1.807, 2.05) is 0 Å². The summed E-state index contributed by atoms with van der Waals surface area (Å²) in [7, 11) is 0. The number of anilines is 1. The van der Waals surface area contributed by atoms with Gasteiger partial charge in [-0.15, -0.1) is 0 Å². The zero-order valence-corrected chi connectivity index (χ0v) is 12.4. The van der Waals surface area contributed by atoms with Crippen LogP contribution in [0, 0.1) is 22.9 Å². The fourth-order valence-corrected chi connectivity index (χ4v) is 2.28. The first kappa shape index (κ1) is 15.9. The molecule has 2 rings (SSSR count). The molecule has 0 fully saturated rings. The minimum absolute atomic E-state index is 0.0702. The van der Waals surface area contributed by atoms with Gasteiger partial charge in [0.15, 0.2) is 0 Å². The minimum atomic E-state index is -0.541. The van der Waals surface area contributed by atoms with Gasteiger partial charge < -0.3 is 5.32 Å². The monoisotopic (exact) mass is 321 g/mol. The van der Waals surface area contributed by atoms with E-state index in [0.717, 1.165) is 18.0 Å². The molecule has 0 aliphatic rings. The summed E-state index contributed by atoms with van der Waals surface area (Å²) in [6.07, 6.45) is 1.14. The lowest BCUT2D eigenvalue weighted by molar-refractivity contribution is -0.385. The number of hydrogen-bond acceptors (Lipinski definition) is 5. The Hall–Kier alpha value is -2.48. The highest BCUT2D eigenvalue weighted by Crippen LogP contribution is 2.20. The Morgan fingerprint density at radius 3 is 2.82 bits per heavy atom. The molecule has 1 N–H and O–H groups in total. The summed E-state index contributed by atoms with van der Waals surface area (Å²) in [5.74, 6) is -0.623. The third-order valence-corrected chi connectivity index (χ3v) is 3.77. The number of thioether (sulfide) groups is 1. The van der Waals surface area contributed by atoms with Gasteiger partial charge in [0, 0.05) is 17.3 Å². The van der Waals surface area contributed by atoms with E-state index in [9.17, 15) is 19.3 Å². The van der Waals surface area contributed by atoms with E-state index in [1.165, 1.54) is 24.3 Å². The van der Waals surface area contributed by atoms with Gasteiger partial charge in [-0.25, -0.2) is 9.37 Å². The molecule has 22 heavy (non-hydrogen) atoms. The summed E-state index contributed by atoms with van der Waals surface area (Å²) in [6.45, 7) is 1.58. The lowest BCUT2D eigenvalue weighted by Gasteiger charge is -2.08. The lowest BCUT2D eigenvalue weighted by atomic mass is 10.2. The molecular formula is C14H12FN3O3S. The second kappa shape index (κ2) is 6.99. The first-order valence-electron chi connectivity index (χ1n) is 6.25. The van der Waals surface area contributed by atoms with Gasteiger partial charge in [-0.05, 0) is 25.1 Å². The zero-order chi connectivity index (χ0) is 16.1. The van der Waals surface area contributed by atoms with E-state index < -0.39 is 4.92 Å². The highest BCUT2D eigenvalue weighted by Gasteiger charge is 2.10. The third kappa shape index (κ3) is 4.01. The van der Waals surface area contributed by atoms with Crippen LogP contribution in [0.25, 0.3) is 0 Å². The van der Waals surface area contributed by atoms with E-state index in [2.05, 4.69) is 10.3 Å². The summed E-state index contributed by atoms with van der Waals surface area (Å²) < 4.78 is 13.4. The molecule has 114 valence electrons. The highest BCUT2D eigenvalue weighted by atomic mass is 32.2. The predicted octanol–water partition coefficient (Wildman–Crippen LogP) is 3.17. The van der Waals surface area contributed by atoms with Crippen LogP contribution in [0.15, 0.2) is 41.6 Å². The largest absolute Gasteiger partial charge is 0.325 e. The molecule has 0 saturated carbocycles. The number of amides is 1. The van der Waals surface area contributed by atoms with Crippen molar-refractivity contribution < 1.29 is 14.1 Å². The van der Waals surface area contributed by atoms with Crippen LogP contribution in [0.3, 0.4) is 0 Å². The first-order chi connectivity index (χ1) is 10.5. The molecule has 6 nitrogen and oxygen atoms in total. The summed E-state index contributed by atoms with van der Waals surface area (Å²) in [5, 5.41) is 13.6. The van der Waals surface area contributed by atoms with Gasteiger partial charge in [-0.1, -0.05) is 17.8 Å². The Kier molecular flexibility index (Phi) is 5.05. The maximum Gasteiger partial charge on any atom is 0.287 e. The molecule has 1 heterocycles. The van der Waals surface area contributed by atoms with Crippen LogP contribution in [-0.2, 0) is 4.79 Å². The minimum Gasteiger partial charge on any atom is -0.325 e. The molecule has 8 heteroatoms. The van der Waals surface area contributed by atoms with Gasteiger partial charge in [0.25, 0.3) is 5.69 Å². The number of carbonyl (C=O) groups excluding carboxylic acids is 1. The van der Waals surface area contributed by atoms with Crippen molar-refractivity contribution >= 4 is 29.0 Å². The Morgan fingerprint density at radius 2 is 2.18 bits per heavy atom.